The molecule has 0 saturated carbocycles. The van der Waals surface area contributed by atoms with Crippen LogP contribution in [-0.2, 0) is 16.8 Å². The molecule has 2 saturated heterocycles. The largest absolute Gasteiger partial charge is 0.344 e. The van der Waals surface area contributed by atoms with E-state index in [1.54, 1.807) is 15.6 Å². The summed E-state index contributed by atoms with van der Waals surface area (Å²) in [6.45, 7) is 9.51. The van der Waals surface area contributed by atoms with Gasteiger partial charge in [-0.05, 0) is 12.5 Å². The van der Waals surface area contributed by atoms with Crippen LogP contribution >= 0.6 is 0 Å². The molecule has 0 aromatic carbocycles. The van der Waals surface area contributed by atoms with Gasteiger partial charge in [0.2, 0.25) is 5.91 Å². The fourth-order valence-corrected chi connectivity index (χ4v) is 3.35. The lowest BCUT2D eigenvalue weighted by Crippen LogP contribution is -2.56. The standard InChI is InChI=1S/C17H26N4O2/c1-17(2,3)14-5-6-15(22)21(18-14)11-12-9-20(10-12)13-7-8-19(4)16(13)23/h5-6,12-13H,7-11H2,1-4H3. The predicted octanol–water partition coefficient (Wildman–Crippen LogP) is 0.703. The number of likely N-dealkylation sites (N-methyl/N-ethyl adjacent to an activating group) is 1. The highest BCUT2D eigenvalue weighted by atomic mass is 16.2. The third-order valence-electron chi connectivity index (χ3n) is 4.89. The lowest BCUT2D eigenvalue weighted by molar-refractivity contribution is -0.133. The number of nitrogens with zero attached hydrogens (tertiary/aromatic N) is 4. The van der Waals surface area contributed by atoms with Crippen LogP contribution in [0.1, 0.15) is 32.9 Å². The van der Waals surface area contributed by atoms with E-state index in [1.807, 2.05) is 13.1 Å². The van der Waals surface area contributed by atoms with Crippen LogP contribution in [0, 0.1) is 5.92 Å². The van der Waals surface area contributed by atoms with E-state index in [9.17, 15) is 9.59 Å². The molecule has 0 bridgehead atoms. The van der Waals surface area contributed by atoms with Gasteiger partial charge in [0.05, 0.1) is 18.3 Å². The van der Waals surface area contributed by atoms with Crippen LogP contribution in [0.25, 0.3) is 0 Å². The zero-order valence-electron chi connectivity index (χ0n) is 14.5. The molecule has 23 heavy (non-hydrogen) atoms. The van der Waals surface area contributed by atoms with E-state index in [1.165, 1.54) is 0 Å². The van der Waals surface area contributed by atoms with Crippen molar-refractivity contribution in [2.24, 2.45) is 5.92 Å². The summed E-state index contributed by atoms with van der Waals surface area (Å²) in [6.07, 6.45) is 0.916. The average Bonchev–Trinajstić information content (AvgIpc) is 2.74. The zero-order chi connectivity index (χ0) is 16.8. The molecule has 0 spiro atoms. The van der Waals surface area contributed by atoms with Gasteiger partial charge in [-0.1, -0.05) is 20.8 Å². The Bertz CT molecular complexity index is 655. The van der Waals surface area contributed by atoms with E-state index in [2.05, 4.69) is 30.8 Å². The first kappa shape index (κ1) is 16.2. The molecule has 1 amide bonds. The van der Waals surface area contributed by atoms with E-state index in [4.69, 9.17) is 0 Å². The second-order valence-corrected chi connectivity index (χ2v) is 7.87. The molecule has 1 aromatic rings. The summed E-state index contributed by atoms with van der Waals surface area (Å²) in [5, 5.41) is 4.53. The van der Waals surface area contributed by atoms with Crippen molar-refractivity contribution < 1.29 is 4.79 Å². The summed E-state index contributed by atoms with van der Waals surface area (Å²) in [4.78, 5) is 28.1. The lowest BCUT2D eigenvalue weighted by Gasteiger charge is -2.42. The Morgan fingerprint density at radius 1 is 1.22 bits per heavy atom. The number of amides is 1. The van der Waals surface area contributed by atoms with Gasteiger partial charge in [0.1, 0.15) is 0 Å². The van der Waals surface area contributed by atoms with E-state index >= 15 is 0 Å². The van der Waals surface area contributed by atoms with Crippen LogP contribution < -0.4 is 5.56 Å². The quantitative estimate of drug-likeness (QED) is 0.823. The monoisotopic (exact) mass is 318 g/mol. The predicted molar refractivity (Wildman–Crippen MR) is 88.3 cm³/mol. The highest BCUT2D eigenvalue weighted by Crippen LogP contribution is 2.25. The minimum absolute atomic E-state index is 0.0434. The van der Waals surface area contributed by atoms with E-state index in [0.29, 0.717) is 12.5 Å². The Hall–Kier alpha value is -1.69. The van der Waals surface area contributed by atoms with Crippen molar-refractivity contribution in [1.82, 2.24) is 19.6 Å². The molecule has 2 fully saturated rings. The molecule has 0 radical (unpaired) electrons. The Morgan fingerprint density at radius 2 is 1.91 bits per heavy atom. The molecule has 1 atom stereocenters. The maximum atomic E-state index is 12.0. The summed E-state index contributed by atoms with van der Waals surface area (Å²) in [5.41, 5.74) is 0.816. The second-order valence-electron chi connectivity index (χ2n) is 7.87. The van der Waals surface area contributed by atoms with Crippen LogP contribution in [0.3, 0.4) is 0 Å². The fraction of sp³-hybridized carbons (Fsp3) is 0.706. The van der Waals surface area contributed by atoms with Gasteiger partial charge in [-0.3, -0.25) is 14.5 Å². The first-order chi connectivity index (χ1) is 10.8. The SMILES string of the molecule is CN1CCC(N2CC(Cn3nc(C(C)(C)C)ccc3=O)C2)C1=O. The van der Waals surface area contributed by atoms with Gasteiger partial charge in [-0.25, -0.2) is 4.68 Å². The average molecular weight is 318 g/mol. The first-order valence-corrected chi connectivity index (χ1v) is 8.33. The number of hydrogen-bond donors (Lipinski definition) is 0. The molecule has 3 rings (SSSR count). The first-order valence-electron chi connectivity index (χ1n) is 8.33. The molecule has 6 nitrogen and oxygen atoms in total. The number of carbonyl (C=O) groups is 1. The highest BCUT2D eigenvalue weighted by molar-refractivity contribution is 5.83. The normalized spacial score (nSPS) is 23.4. The van der Waals surface area contributed by atoms with Gasteiger partial charge in [-0.2, -0.15) is 5.10 Å². The van der Waals surface area contributed by atoms with Gasteiger partial charge in [-0.15, -0.1) is 0 Å². The third-order valence-corrected chi connectivity index (χ3v) is 4.89. The molecule has 6 heteroatoms. The maximum absolute atomic E-state index is 12.0. The Labute approximate surface area is 137 Å². The summed E-state index contributed by atoms with van der Waals surface area (Å²) in [5.74, 6) is 0.627. The van der Waals surface area contributed by atoms with Gasteiger partial charge >= 0.3 is 0 Å². The minimum Gasteiger partial charge on any atom is -0.344 e. The van der Waals surface area contributed by atoms with Crippen molar-refractivity contribution in [3.63, 3.8) is 0 Å². The van der Waals surface area contributed by atoms with Crippen LogP contribution in [-0.4, -0.2) is 58.2 Å². The summed E-state index contributed by atoms with van der Waals surface area (Å²) in [7, 11) is 1.86. The van der Waals surface area contributed by atoms with Crippen LogP contribution in [0.15, 0.2) is 16.9 Å². The molecule has 2 aliphatic rings. The topological polar surface area (TPSA) is 58.4 Å². The van der Waals surface area contributed by atoms with E-state index in [0.717, 1.165) is 31.7 Å². The van der Waals surface area contributed by atoms with Gasteiger partial charge in [0, 0.05) is 44.1 Å². The van der Waals surface area contributed by atoms with Crippen LogP contribution in [0.4, 0.5) is 0 Å². The number of aromatic nitrogens is 2. The van der Waals surface area contributed by atoms with Crippen molar-refractivity contribution in [2.45, 2.75) is 45.2 Å². The molecule has 0 N–H and O–H groups in total. The Kier molecular flexibility index (Phi) is 4.04. The van der Waals surface area contributed by atoms with Crippen molar-refractivity contribution in [1.29, 1.82) is 0 Å². The van der Waals surface area contributed by atoms with Crippen molar-refractivity contribution in [3.05, 3.63) is 28.2 Å². The zero-order valence-corrected chi connectivity index (χ0v) is 14.5. The molecule has 1 aromatic heterocycles. The second kappa shape index (κ2) is 5.74. The van der Waals surface area contributed by atoms with E-state index < -0.39 is 0 Å². The number of hydrogen-bond acceptors (Lipinski definition) is 4. The molecule has 2 aliphatic heterocycles. The number of rotatable bonds is 3. The molecule has 3 heterocycles. The smallest absolute Gasteiger partial charge is 0.266 e. The number of carbonyl (C=O) groups excluding carboxylic acids is 1. The number of likely N-dealkylation sites (tertiary alicyclic amines) is 2. The van der Waals surface area contributed by atoms with Gasteiger partial charge < -0.3 is 4.90 Å². The van der Waals surface area contributed by atoms with Crippen LogP contribution in [0.2, 0.25) is 0 Å². The van der Waals surface area contributed by atoms with Crippen molar-refractivity contribution in [2.75, 3.05) is 26.7 Å². The van der Waals surface area contributed by atoms with Crippen LogP contribution in [0.5, 0.6) is 0 Å². The fourth-order valence-electron chi connectivity index (χ4n) is 3.35. The van der Waals surface area contributed by atoms with Crippen molar-refractivity contribution >= 4 is 5.91 Å². The van der Waals surface area contributed by atoms with E-state index in [-0.39, 0.29) is 22.9 Å². The molecule has 126 valence electrons. The molecular formula is C17H26N4O2. The molecule has 1 unspecified atom stereocenters. The molecule has 0 aliphatic carbocycles. The Balaban J connectivity index is 1.62. The lowest BCUT2D eigenvalue weighted by atomic mass is 9.92. The maximum Gasteiger partial charge on any atom is 0.266 e. The van der Waals surface area contributed by atoms with Crippen molar-refractivity contribution in [3.8, 4) is 0 Å². The highest BCUT2D eigenvalue weighted by Gasteiger charge is 2.40. The summed E-state index contributed by atoms with van der Waals surface area (Å²) in [6, 6.07) is 3.47. The summed E-state index contributed by atoms with van der Waals surface area (Å²) >= 11 is 0. The molecular weight excluding hydrogens is 292 g/mol. The van der Waals surface area contributed by atoms with Gasteiger partial charge in [0.25, 0.3) is 5.56 Å². The van der Waals surface area contributed by atoms with Gasteiger partial charge in [0.15, 0.2) is 0 Å². The Morgan fingerprint density at radius 3 is 2.48 bits per heavy atom. The minimum atomic E-state index is -0.0675. The summed E-state index contributed by atoms with van der Waals surface area (Å²) < 4.78 is 1.59. The third kappa shape index (κ3) is 3.17.